The summed E-state index contributed by atoms with van der Waals surface area (Å²) in [6.45, 7) is 5.70. The van der Waals surface area contributed by atoms with Gasteiger partial charge >= 0.3 is 6.03 Å². The predicted molar refractivity (Wildman–Crippen MR) is 92.7 cm³/mol. The monoisotopic (exact) mass is 340 g/mol. The number of hydrogen-bond acceptors (Lipinski definition) is 5. The molecule has 2 N–H and O–H groups in total. The molecule has 0 aliphatic heterocycles. The maximum Gasteiger partial charge on any atom is 0.319 e. The Morgan fingerprint density at radius 1 is 1.36 bits per heavy atom. The molecular formula is C17H20N6O2. The standard InChI is InChI=1S/C17H20N6O2/c1-11(8-15-12(2)22-25-13(15)3)20-17(24)21-14-9-19-23(10-14)16-6-4-5-7-18-16/h4-7,9-11H,8H2,1-3H3,(H2,20,21,24)/t11-/m0/s1. The minimum absolute atomic E-state index is 0.0670. The Bertz CT molecular complexity index is 836. The summed E-state index contributed by atoms with van der Waals surface area (Å²) in [6, 6.07) is 5.19. The molecule has 8 heteroatoms. The van der Waals surface area contributed by atoms with E-state index in [1.807, 2.05) is 39.0 Å². The third-order valence-electron chi connectivity index (χ3n) is 3.79. The molecule has 0 fully saturated rings. The third-order valence-corrected chi connectivity index (χ3v) is 3.79. The molecule has 3 aromatic rings. The molecule has 0 saturated carbocycles. The first-order valence-corrected chi connectivity index (χ1v) is 7.98. The molecule has 0 bridgehead atoms. The summed E-state index contributed by atoms with van der Waals surface area (Å²) < 4.78 is 6.75. The van der Waals surface area contributed by atoms with Crippen molar-refractivity contribution in [2.75, 3.05) is 5.32 Å². The summed E-state index contributed by atoms with van der Waals surface area (Å²) in [7, 11) is 0. The first-order chi connectivity index (χ1) is 12.0. The largest absolute Gasteiger partial charge is 0.361 e. The number of anilines is 1. The maximum atomic E-state index is 12.2. The van der Waals surface area contributed by atoms with Gasteiger partial charge in [-0.05, 0) is 39.3 Å². The van der Waals surface area contributed by atoms with Crippen LogP contribution in [0.1, 0.15) is 23.9 Å². The zero-order valence-corrected chi connectivity index (χ0v) is 14.4. The minimum Gasteiger partial charge on any atom is -0.361 e. The zero-order chi connectivity index (χ0) is 17.8. The number of urea groups is 1. The lowest BCUT2D eigenvalue weighted by atomic mass is 10.1. The van der Waals surface area contributed by atoms with Gasteiger partial charge in [-0.15, -0.1) is 0 Å². The Balaban J connectivity index is 1.57. The van der Waals surface area contributed by atoms with Crippen LogP contribution < -0.4 is 10.6 Å². The summed E-state index contributed by atoms with van der Waals surface area (Å²) in [5.41, 5.74) is 2.46. The van der Waals surface area contributed by atoms with E-state index < -0.39 is 0 Å². The highest BCUT2D eigenvalue weighted by Gasteiger charge is 2.15. The second-order valence-corrected chi connectivity index (χ2v) is 5.87. The van der Waals surface area contributed by atoms with E-state index in [0.717, 1.165) is 17.0 Å². The van der Waals surface area contributed by atoms with E-state index in [0.29, 0.717) is 17.9 Å². The molecule has 2 amide bonds. The second-order valence-electron chi connectivity index (χ2n) is 5.87. The number of carbonyl (C=O) groups is 1. The van der Waals surface area contributed by atoms with Gasteiger partial charge < -0.3 is 15.2 Å². The summed E-state index contributed by atoms with van der Waals surface area (Å²) in [5.74, 6) is 1.46. The highest BCUT2D eigenvalue weighted by molar-refractivity contribution is 5.89. The van der Waals surface area contributed by atoms with Gasteiger partial charge in [0.1, 0.15) is 5.76 Å². The zero-order valence-electron chi connectivity index (χ0n) is 14.4. The number of carbonyl (C=O) groups excluding carboxylic acids is 1. The van der Waals surface area contributed by atoms with Crippen molar-refractivity contribution >= 4 is 11.7 Å². The Hall–Kier alpha value is -3.16. The van der Waals surface area contributed by atoms with Gasteiger partial charge in [0.2, 0.25) is 0 Å². The molecule has 130 valence electrons. The van der Waals surface area contributed by atoms with Gasteiger partial charge in [0, 0.05) is 17.8 Å². The van der Waals surface area contributed by atoms with Crippen LogP contribution in [0.25, 0.3) is 5.82 Å². The highest BCUT2D eigenvalue weighted by atomic mass is 16.5. The Kier molecular flexibility index (Phi) is 4.78. The number of aromatic nitrogens is 4. The molecule has 0 aromatic carbocycles. The maximum absolute atomic E-state index is 12.2. The SMILES string of the molecule is Cc1noc(C)c1C[C@H](C)NC(=O)Nc1cnn(-c2ccccn2)c1. The van der Waals surface area contributed by atoms with E-state index >= 15 is 0 Å². The van der Waals surface area contributed by atoms with Gasteiger partial charge in [-0.25, -0.2) is 14.5 Å². The minimum atomic E-state index is -0.292. The molecule has 25 heavy (non-hydrogen) atoms. The van der Waals surface area contributed by atoms with E-state index in [2.05, 4.69) is 25.9 Å². The van der Waals surface area contributed by atoms with Crippen LogP contribution >= 0.6 is 0 Å². The van der Waals surface area contributed by atoms with Crippen LogP contribution in [-0.2, 0) is 6.42 Å². The van der Waals surface area contributed by atoms with Crippen LogP contribution in [0.4, 0.5) is 10.5 Å². The normalized spacial score (nSPS) is 12.0. The molecule has 3 heterocycles. The van der Waals surface area contributed by atoms with E-state index in [1.54, 1.807) is 23.3 Å². The molecule has 1 atom stereocenters. The predicted octanol–water partition coefficient (Wildman–Crippen LogP) is 2.62. The molecule has 0 radical (unpaired) electrons. The van der Waals surface area contributed by atoms with Crippen molar-refractivity contribution in [3.63, 3.8) is 0 Å². The lowest BCUT2D eigenvalue weighted by molar-refractivity contribution is 0.249. The Morgan fingerprint density at radius 2 is 2.20 bits per heavy atom. The fraction of sp³-hybridized carbons (Fsp3) is 0.294. The molecule has 0 unspecified atom stereocenters. The highest BCUT2D eigenvalue weighted by Crippen LogP contribution is 2.14. The van der Waals surface area contributed by atoms with Crippen molar-refractivity contribution in [3.05, 3.63) is 53.8 Å². The smallest absolute Gasteiger partial charge is 0.319 e. The quantitative estimate of drug-likeness (QED) is 0.744. The summed E-state index contributed by atoms with van der Waals surface area (Å²) in [5, 5.41) is 13.8. The van der Waals surface area contributed by atoms with Crippen LogP contribution in [0.2, 0.25) is 0 Å². The molecule has 8 nitrogen and oxygen atoms in total. The fourth-order valence-electron chi connectivity index (χ4n) is 2.54. The topological polar surface area (TPSA) is 97.9 Å². The third kappa shape index (κ3) is 4.03. The van der Waals surface area contributed by atoms with Crippen LogP contribution in [0.3, 0.4) is 0 Å². The van der Waals surface area contributed by atoms with E-state index in [4.69, 9.17) is 4.52 Å². The number of nitrogens with one attached hydrogen (secondary N) is 2. The molecule has 0 aliphatic carbocycles. The van der Waals surface area contributed by atoms with Crippen molar-refractivity contribution in [1.29, 1.82) is 0 Å². The van der Waals surface area contributed by atoms with Gasteiger partial charge in [0.25, 0.3) is 0 Å². The van der Waals surface area contributed by atoms with Crippen molar-refractivity contribution in [3.8, 4) is 5.82 Å². The van der Waals surface area contributed by atoms with Gasteiger partial charge in [-0.1, -0.05) is 11.2 Å². The van der Waals surface area contributed by atoms with Gasteiger partial charge in [-0.3, -0.25) is 0 Å². The van der Waals surface area contributed by atoms with E-state index in [9.17, 15) is 4.79 Å². The van der Waals surface area contributed by atoms with Gasteiger partial charge in [0.15, 0.2) is 5.82 Å². The lowest BCUT2D eigenvalue weighted by Gasteiger charge is -2.13. The summed E-state index contributed by atoms with van der Waals surface area (Å²) >= 11 is 0. The van der Waals surface area contributed by atoms with Gasteiger partial charge in [-0.2, -0.15) is 5.10 Å². The molecule has 0 aliphatic rings. The second kappa shape index (κ2) is 7.16. The van der Waals surface area contributed by atoms with E-state index in [-0.39, 0.29) is 12.1 Å². The molecule has 3 aromatic heterocycles. The fourth-order valence-corrected chi connectivity index (χ4v) is 2.54. The number of amides is 2. The Morgan fingerprint density at radius 3 is 2.88 bits per heavy atom. The van der Waals surface area contributed by atoms with Crippen LogP contribution in [0, 0.1) is 13.8 Å². The number of nitrogens with zero attached hydrogens (tertiary/aromatic N) is 4. The van der Waals surface area contributed by atoms with Crippen molar-refractivity contribution in [1.82, 2.24) is 25.2 Å². The number of hydrogen-bond donors (Lipinski definition) is 2. The summed E-state index contributed by atoms with van der Waals surface area (Å²) in [4.78, 5) is 16.4. The molecule has 0 saturated heterocycles. The molecule has 3 rings (SSSR count). The Labute approximate surface area is 145 Å². The average molecular weight is 340 g/mol. The lowest BCUT2D eigenvalue weighted by Crippen LogP contribution is -2.37. The van der Waals surface area contributed by atoms with Crippen LogP contribution in [0.5, 0.6) is 0 Å². The number of rotatable bonds is 5. The van der Waals surface area contributed by atoms with Crippen molar-refractivity contribution < 1.29 is 9.32 Å². The van der Waals surface area contributed by atoms with Crippen molar-refractivity contribution in [2.24, 2.45) is 0 Å². The van der Waals surface area contributed by atoms with Gasteiger partial charge in [0.05, 0.1) is 23.8 Å². The van der Waals surface area contributed by atoms with Crippen LogP contribution in [-0.4, -0.2) is 32.0 Å². The number of aryl methyl sites for hydroxylation is 2. The molecule has 0 spiro atoms. The summed E-state index contributed by atoms with van der Waals surface area (Å²) in [6.07, 6.45) is 5.63. The van der Waals surface area contributed by atoms with Crippen LogP contribution in [0.15, 0.2) is 41.3 Å². The van der Waals surface area contributed by atoms with Crippen molar-refractivity contribution in [2.45, 2.75) is 33.2 Å². The average Bonchev–Trinajstić information content (AvgIpc) is 3.17. The van der Waals surface area contributed by atoms with E-state index in [1.165, 1.54) is 0 Å². The first-order valence-electron chi connectivity index (χ1n) is 7.98. The first kappa shape index (κ1) is 16.7. The number of pyridine rings is 1. The molecular weight excluding hydrogens is 320 g/mol.